The van der Waals surface area contributed by atoms with E-state index >= 15 is 0 Å². The Balaban J connectivity index is 3.22. The van der Waals surface area contributed by atoms with Crippen LogP contribution in [0.1, 0.15) is 6.42 Å². The van der Waals surface area contributed by atoms with Gasteiger partial charge in [-0.2, -0.15) is 0 Å². The zero-order valence-corrected chi connectivity index (χ0v) is 4.76. The fourth-order valence-electron chi connectivity index (χ4n) is 0.0546. The molecule has 0 heterocycles. The van der Waals surface area contributed by atoms with Gasteiger partial charge in [-0.05, 0) is 13.3 Å². The van der Waals surface area contributed by atoms with Crippen LogP contribution in [-0.4, -0.2) is 0 Å². The van der Waals surface area contributed by atoms with Gasteiger partial charge in [0.25, 0.3) is 0 Å². The second-order valence-electron chi connectivity index (χ2n) is 0.806. The molecular weight excluding hydrogens is 119 g/mol. The van der Waals surface area contributed by atoms with Gasteiger partial charge in [0.2, 0.25) is 0 Å². The van der Waals surface area contributed by atoms with Crippen LogP contribution < -0.4 is 0 Å². The zero-order valence-electron chi connectivity index (χ0n) is 3.25. The third kappa shape index (κ3) is 2.55. The van der Waals surface area contributed by atoms with Crippen molar-refractivity contribution >= 4 is 23.2 Å². The summed E-state index contributed by atoms with van der Waals surface area (Å²) in [5.41, 5.74) is 1.31. The number of rotatable bonds is 1. The first kappa shape index (κ1) is 6.32. The van der Waals surface area contributed by atoms with E-state index in [1.54, 1.807) is 0 Å². The van der Waals surface area contributed by atoms with Crippen LogP contribution in [0.4, 0.5) is 0 Å². The summed E-state index contributed by atoms with van der Waals surface area (Å²) in [5, 5.41) is 0.594. The smallest absolute Gasteiger partial charge is 0.0293 e. The highest BCUT2D eigenvalue weighted by molar-refractivity contribution is 6.36. The normalized spacial score (nSPS) is 12.2. The van der Waals surface area contributed by atoms with Gasteiger partial charge in [0.05, 0.1) is 0 Å². The van der Waals surface area contributed by atoms with Crippen LogP contribution in [0.3, 0.4) is 0 Å². The predicted molar refractivity (Wildman–Crippen MR) is 29.8 cm³/mol. The van der Waals surface area contributed by atoms with E-state index in [1.807, 2.05) is 0 Å². The summed E-state index contributed by atoms with van der Waals surface area (Å²) in [6.45, 7) is 3.47. The van der Waals surface area contributed by atoms with Crippen molar-refractivity contribution in [1.82, 2.24) is 0 Å². The molecule has 1 radical (unpaired) electrons. The average molecular weight is 124 g/mol. The average Bonchev–Trinajstić information content (AvgIpc) is 1.65. The first-order valence-corrected chi connectivity index (χ1v) is 2.36. The Morgan fingerprint density at radius 1 is 1.83 bits per heavy atom. The van der Waals surface area contributed by atoms with Gasteiger partial charge in [0, 0.05) is 10.6 Å². The molecule has 0 aliphatic carbocycles. The second-order valence-corrected chi connectivity index (χ2v) is 1.51. The summed E-state index contributed by atoms with van der Waals surface area (Å²) in [5.74, 6) is 0. The van der Waals surface area contributed by atoms with Crippen LogP contribution in [0.25, 0.3) is 0 Å². The lowest BCUT2D eigenvalue weighted by atomic mass is 10.5. The fraction of sp³-hybridized carbons (Fsp3) is 0.250. The monoisotopic (exact) mass is 123 g/mol. The lowest BCUT2D eigenvalue weighted by molar-refractivity contribution is 1.37. The molecule has 0 bridgehead atoms. The molecule has 0 saturated heterocycles. The molecule has 6 heavy (non-hydrogen) atoms. The molecule has 0 aliphatic heterocycles. The highest BCUT2D eigenvalue weighted by Gasteiger charge is 1.78. The molecule has 0 fully saturated rings. The molecule has 0 rings (SSSR count). The van der Waals surface area contributed by atoms with Crippen LogP contribution in [0, 0.1) is 6.92 Å². The number of hydrogen-bond acceptors (Lipinski definition) is 0. The summed E-state index contributed by atoms with van der Waals surface area (Å²) in [6, 6.07) is 0. The Kier molecular flexibility index (Phi) is 3.70. The summed E-state index contributed by atoms with van der Waals surface area (Å²) in [7, 11) is 0. The van der Waals surface area contributed by atoms with Crippen molar-refractivity contribution in [2.45, 2.75) is 6.42 Å². The Morgan fingerprint density at radius 2 is 2.33 bits per heavy atom. The SMILES string of the molecule is [CH2]C/C(Cl)=C/Cl. The van der Waals surface area contributed by atoms with E-state index in [9.17, 15) is 0 Å². The largest absolute Gasteiger partial charge is 0.0917 e. The van der Waals surface area contributed by atoms with E-state index in [-0.39, 0.29) is 0 Å². The number of allylic oxidation sites excluding steroid dienone is 1. The minimum absolute atomic E-state index is 0.574. The van der Waals surface area contributed by atoms with E-state index in [1.165, 1.54) is 5.54 Å². The van der Waals surface area contributed by atoms with E-state index < -0.39 is 0 Å². The maximum Gasteiger partial charge on any atom is 0.0293 e. The molecule has 0 unspecified atom stereocenters. The molecule has 0 N–H and O–H groups in total. The predicted octanol–water partition coefficient (Wildman–Crippen LogP) is 2.53. The molecule has 0 nitrogen and oxygen atoms in total. The third-order valence-electron chi connectivity index (χ3n) is 0.357. The maximum absolute atomic E-state index is 5.32. The van der Waals surface area contributed by atoms with E-state index in [0.717, 1.165) is 0 Å². The highest BCUT2D eigenvalue weighted by atomic mass is 35.5. The van der Waals surface area contributed by atoms with Gasteiger partial charge in [-0.25, -0.2) is 0 Å². The first-order chi connectivity index (χ1) is 2.81. The van der Waals surface area contributed by atoms with Crippen LogP contribution in [0.15, 0.2) is 10.6 Å². The summed E-state index contributed by atoms with van der Waals surface area (Å²) >= 11 is 10.4. The molecule has 0 aliphatic rings. The maximum atomic E-state index is 5.32. The van der Waals surface area contributed by atoms with Crippen LogP contribution in [-0.2, 0) is 0 Å². The summed E-state index contributed by atoms with van der Waals surface area (Å²) in [6.07, 6.45) is 0.574. The molecule has 2 heteroatoms. The van der Waals surface area contributed by atoms with Gasteiger partial charge >= 0.3 is 0 Å². The van der Waals surface area contributed by atoms with Crippen molar-refractivity contribution in [1.29, 1.82) is 0 Å². The van der Waals surface area contributed by atoms with E-state index in [4.69, 9.17) is 23.2 Å². The molecule has 0 aromatic heterocycles. The molecule has 0 atom stereocenters. The lowest BCUT2D eigenvalue weighted by Gasteiger charge is -1.79. The van der Waals surface area contributed by atoms with Crippen molar-refractivity contribution in [3.63, 3.8) is 0 Å². The molecular formula is C4H5Cl2. The Hall–Kier alpha value is 0.320. The second kappa shape index (κ2) is 3.51. The first-order valence-electron chi connectivity index (χ1n) is 1.55. The lowest BCUT2D eigenvalue weighted by Crippen LogP contribution is -1.57. The molecule has 0 aromatic carbocycles. The molecule has 0 amide bonds. The number of halogens is 2. The van der Waals surface area contributed by atoms with E-state index in [2.05, 4.69) is 6.92 Å². The zero-order chi connectivity index (χ0) is 4.99. The third-order valence-corrected chi connectivity index (χ3v) is 1.03. The molecule has 0 aromatic rings. The van der Waals surface area contributed by atoms with Crippen molar-refractivity contribution < 1.29 is 0 Å². The van der Waals surface area contributed by atoms with Crippen LogP contribution in [0.2, 0.25) is 0 Å². The Morgan fingerprint density at radius 3 is 2.33 bits per heavy atom. The van der Waals surface area contributed by atoms with Crippen molar-refractivity contribution in [3.05, 3.63) is 17.5 Å². The van der Waals surface area contributed by atoms with Crippen LogP contribution >= 0.6 is 23.2 Å². The van der Waals surface area contributed by atoms with Gasteiger partial charge in [0.1, 0.15) is 0 Å². The Labute approximate surface area is 47.8 Å². The van der Waals surface area contributed by atoms with Gasteiger partial charge in [-0.3, -0.25) is 0 Å². The van der Waals surface area contributed by atoms with Crippen LogP contribution in [0.5, 0.6) is 0 Å². The summed E-state index contributed by atoms with van der Waals surface area (Å²) < 4.78 is 0. The number of hydrogen-bond donors (Lipinski definition) is 0. The molecule has 0 saturated carbocycles. The molecule has 35 valence electrons. The molecule has 0 spiro atoms. The quantitative estimate of drug-likeness (QED) is 0.503. The van der Waals surface area contributed by atoms with Crippen molar-refractivity contribution in [2.24, 2.45) is 0 Å². The Bertz CT molecular complexity index is 56.6. The highest BCUT2D eigenvalue weighted by Crippen LogP contribution is 2.05. The fourth-order valence-corrected chi connectivity index (χ4v) is 0.164. The van der Waals surface area contributed by atoms with Gasteiger partial charge in [-0.1, -0.05) is 23.2 Å². The van der Waals surface area contributed by atoms with Crippen molar-refractivity contribution in [2.75, 3.05) is 0 Å². The van der Waals surface area contributed by atoms with E-state index in [0.29, 0.717) is 11.5 Å². The summed E-state index contributed by atoms with van der Waals surface area (Å²) in [4.78, 5) is 0. The van der Waals surface area contributed by atoms with Crippen molar-refractivity contribution in [3.8, 4) is 0 Å². The van der Waals surface area contributed by atoms with Gasteiger partial charge in [0.15, 0.2) is 0 Å². The van der Waals surface area contributed by atoms with Gasteiger partial charge < -0.3 is 0 Å². The topological polar surface area (TPSA) is 0 Å². The minimum atomic E-state index is 0.574. The standard InChI is InChI=1S/C4H5Cl2/c1-2-4(6)3-5/h3H,1-2H2/b4-3-. The minimum Gasteiger partial charge on any atom is -0.0917 e. The van der Waals surface area contributed by atoms with Gasteiger partial charge in [-0.15, -0.1) is 0 Å².